The molecule has 2 atom stereocenters. The highest BCUT2D eigenvalue weighted by atomic mass is 19.1. The van der Waals surface area contributed by atoms with Gasteiger partial charge < -0.3 is 10.6 Å². The van der Waals surface area contributed by atoms with Crippen LogP contribution in [0.5, 0.6) is 0 Å². The van der Waals surface area contributed by atoms with Gasteiger partial charge in [-0.25, -0.2) is 4.39 Å². The molecule has 2 unspecified atom stereocenters. The van der Waals surface area contributed by atoms with Crippen LogP contribution in [-0.2, 0) is 0 Å². The van der Waals surface area contributed by atoms with Gasteiger partial charge in [-0.05, 0) is 37.3 Å². The van der Waals surface area contributed by atoms with Gasteiger partial charge in [-0.3, -0.25) is 4.79 Å². The normalized spacial score (nSPS) is 23.5. The van der Waals surface area contributed by atoms with Crippen molar-refractivity contribution in [3.8, 4) is 0 Å². The lowest BCUT2D eigenvalue weighted by molar-refractivity contribution is 0.0527. The van der Waals surface area contributed by atoms with E-state index in [0.29, 0.717) is 24.6 Å². The summed E-state index contributed by atoms with van der Waals surface area (Å²) in [5.41, 5.74) is 6.44. The average Bonchev–Trinajstić information content (AvgIpc) is 2.41. The van der Waals surface area contributed by atoms with E-state index in [1.165, 1.54) is 0 Å². The van der Waals surface area contributed by atoms with E-state index in [1.54, 1.807) is 30.0 Å². The molecule has 2 rings (SSSR count). The minimum atomic E-state index is -0.415. The molecule has 1 heterocycles. The van der Waals surface area contributed by atoms with Gasteiger partial charge in [0.25, 0.3) is 5.91 Å². The van der Waals surface area contributed by atoms with Gasteiger partial charge in [0, 0.05) is 19.1 Å². The van der Waals surface area contributed by atoms with E-state index in [9.17, 15) is 9.18 Å². The van der Waals surface area contributed by atoms with Crippen LogP contribution in [0.4, 0.5) is 4.39 Å². The zero-order valence-electron chi connectivity index (χ0n) is 11.5. The summed E-state index contributed by atoms with van der Waals surface area (Å²) in [5, 5.41) is 0. The van der Waals surface area contributed by atoms with Crippen LogP contribution in [0, 0.1) is 18.7 Å². The van der Waals surface area contributed by atoms with Crippen molar-refractivity contribution < 1.29 is 9.18 Å². The Kier molecular flexibility index (Phi) is 4.20. The van der Waals surface area contributed by atoms with Crippen molar-refractivity contribution in [2.24, 2.45) is 11.7 Å². The van der Waals surface area contributed by atoms with Crippen LogP contribution in [0.2, 0.25) is 0 Å². The second-order valence-electron chi connectivity index (χ2n) is 5.36. The van der Waals surface area contributed by atoms with Gasteiger partial charge in [0.15, 0.2) is 0 Å². The first-order valence-corrected chi connectivity index (χ1v) is 6.82. The molecule has 1 aromatic rings. The molecule has 19 heavy (non-hydrogen) atoms. The van der Waals surface area contributed by atoms with Crippen molar-refractivity contribution in [2.75, 3.05) is 13.1 Å². The number of amides is 1. The number of hydrogen-bond acceptors (Lipinski definition) is 2. The third kappa shape index (κ3) is 2.63. The van der Waals surface area contributed by atoms with Crippen LogP contribution in [0.15, 0.2) is 18.2 Å². The maximum atomic E-state index is 14.1. The summed E-state index contributed by atoms with van der Waals surface area (Å²) in [6.07, 6.45) is 2.03. The number of rotatable bonds is 2. The molecule has 1 amide bonds. The fraction of sp³-hybridized carbons (Fsp3) is 0.533. The first-order valence-electron chi connectivity index (χ1n) is 6.82. The zero-order valence-corrected chi connectivity index (χ0v) is 11.5. The molecule has 1 saturated heterocycles. The molecular weight excluding hydrogens is 243 g/mol. The van der Waals surface area contributed by atoms with E-state index < -0.39 is 5.82 Å². The monoisotopic (exact) mass is 264 g/mol. The molecule has 0 aliphatic carbocycles. The van der Waals surface area contributed by atoms with Crippen molar-refractivity contribution in [1.29, 1.82) is 0 Å². The van der Waals surface area contributed by atoms with Gasteiger partial charge in [-0.1, -0.05) is 19.1 Å². The number of hydrogen-bond donors (Lipinski definition) is 1. The second kappa shape index (κ2) is 5.70. The second-order valence-corrected chi connectivity index (χ2v) is 5.36. The molecule has 2 N–H and O–H groups in total. The van der Waals surface area contributed by atoms with Gasteiger partial charge in [0.05, 0.1) is 5.56 Å². The molecular formula is C15H21FN2O. The van der Waals surface area contributed by atoms with Crippen molar-refractivity contribution in [3.05, 3.63) is 35.1 Å². The summed E-state index contributed by atoms with van der Waals surface area (Å²) in [5.74, 6) is -0.278. The molecule has 4 heteroatoms. The van der Waals surface area contributed by atoms with E-state index in [-0.39, 0.29) is 17.5 Å². The highest BCUT2D eigenvalue weighted by Crippen LogP contribution is 2.25. The van der Waals surface area contributed by atoms with Crippen molar-refractivity contribution >= 4 is 5.91 Å². The molecule has 1 aliphatic rings. The van der Waals surface area contributed by atoms with Crippen LogP contribution >= 0.6 is 0 Å². The number of nitrogens with two attached hydrogens (primary N) is 1. The Hall–Kier alpha value is -1.42. The van der Waals surface area contributed by atoms with Crippen molar-refractivity contribution in [2.45, 2.75) is 32.7 Å². The first-order chi connectivity index (χ1) is 9.06. The Labute approximate surface area is 113 Å². The Balaban J connectivity index is 2.29. The van der Waals surface area contributed by atoms with E-state index in [1.807, 2.05) is 0 Å². The van der Waals surface area contributed by atoms with Gasteiger partial charge in [0.2, 0.25) is 0 Å². The van der Waals surface area contributed by atoms with Crippen LogP contribution in [0.1, 0.15) is 35.7 Å². The number of piperidine rings is 1. The lowest BCUT2D eigenvalue weighted by atomic mass is 9.90. The van der Waals surface area contributed by atoms with Crippen LogP contribution in [0.25, 0.3) is 0 Å². The van der Waals surface area contributed by atoms with Crippen molar-refractivity contribution in [1.82, 2.24) is 4.90 Å². The molecule has 0 radical (unpaired) electrons. The van der Waals surface area contributed by atoms with Crippen LogP contribution in [-0.4, -0.2) is 29.9 Å². The molecule has 0 aromatic heterocycles. The quantitative estimate of drug-likeness (QED) is 0.891. The molecule has 0 spiro atoms. The standard InChI is InChI=1S/C15H21FN2O/c1-10-6-4-8-18(13(10)9-17)15(19)12-7-3-5-11(2)14(12)16/h3,5,7,10,13H,4,6,8-9,17H2,1-2H3. The summed E-state index contributed by atoms with van der Waals surface area (Å²) in [6, 6.07) is 4.96. The van der Waals surface area contributed by atoms with Crippen LogP contribution < -0.4 is 5.73 Å². The molecule has 104 valence electrons. The number of benzene rings is 1. The smallest absolute Gasteiger partial charge is 0.257 e. The summed E-state index contributed by atoms with van der Waals surface area (Å²) in [6.45, 7) is 4.87. The lowest BCUT2D eigenvalue weighted by Crippen LogP contribution is -2.51. The maximum Gasteiger partial charge on any atom is 0.257 e. The summed E-state index contributed by atoms with van der Waals surface area (Å²) < 4.78 is 14.1. The molecule has 3 nitrogen and oxygen atoms in total. The van der Waals surface area contributed by atoms with Gasteiger partial charge in [0.1, 0.15) is 5.82 Å². The van der Waals surface area contributed by atoms with E-state index >= 15 is 0 Å². The number of nitrogens with zero attached hydrogens (tertiary/aromatic N) is 1. The lowest BCUT2D eigenvalue weighted by Gasteiger charge is -2.39. The Morgan fingerprint density at radius 2 is 2.26 bits per heavy atom. The number of aryl methyl sites for hydroxylation is 1. The topological polar surface area (TPSA) is 46.3 Å². The number of carbonyl (C=O) groups is 1. The third-order valence-electron chi connectivity index (χ3n) is 4.04. The zero-order chi connectivity index (χ0) is 14.0. The van der Waals surface area contributed by atoms with E-state index in [0.717, 1.165) is 12.8 Å². The maximum absolute atomic E-state index is 14.1. The first kappa shape index (κ1) is 14.0. The molecule has 0 bridgehead atoms. The van der Waals surface area contributed by atoms with Gasteiger partial charge in [-0.15, -0.1) is 0 Å². The molecule has 1 aromatic carbocycles. The molecule has 1 fully saturated rings. The molecule has 0 saturated carbocycles. The van der Waals surface area contributed by atoms with E-state index in [4.69, 9.17) is 5.73 Å². The number of halogens is 1. The van der Waals surface area contributed by atoms with Gasteiger partial charge in [-0.2, -0.15) is 0 Å². The fourth-order valence-electron chi connectivity index (χ4n) is 2.83. The SMILES string of the molecule is Cc1cccc(C(=O)N2CCCC(C)C2CN)c1F. The van der Waals surface area contributed by atoms with Gasteiger partial charge >= 0.3 is 0 Å². The summed E-state index contributed by atoms with van der Waals surface area (Å²) in [7, 11) is 0. The highest BCUT2D eigenvalue weighted by Gasteiger charge is 2.32. The number of likely N-dealkylation sites (tertiary alicyclic amines) is 1. The Morgan fingerprint density at radius 1 is 1.53 bits per heavy atom. The average molecular weight is 264 g/mol. The summed E-state index contributed by atoms with van der Waals surface area (Å²) >= 11 is 0. The predicted octanol–water partition coefficient (Wildman–Crippen LogP) is 2.33. The summed E-state index contributed by atoms with van der Waals surface area (Å²) in [4.78, 5) is 14.3. The Bertz CT molecular complexity index is 475. The predicted molar refractivity (Wildman–Crippen MR) is 73.4 cm³/mol. The van der Waals surface area contributed by atoms with E-state index in [2.05, 4.69) is 6.92 Å². The highest BCUT2D eigenvalue weighted by molar-refractivity contribution is 5.95. The minimum absolute atomic E-state index is 0.0150. The molecule has 1 aliphatic heterocycles. The Morgan fingerprint density at radius 3 is 2.95 bits per heavy atom. The van der Waals surface area contributed by atoms with Crippen LogP contribution in [0.3, 0.4) is 0 Å². The minimum Gasteiger partial charge on any atom is -0.334 e. The third-order valence-corrected chi connectivity index (χ3v) is 4.04. The van der Waals surface area contributed by atoms with Crippen molar-refractivity contribution in [3.63, 3.8) is 0 Å². The fourth-order valence-corrected chi connectivity index (χ4v) is 2.83. The number of carbonyl (C=O) groups excluding carboxylic acids is 1. The largest absolute Gasteiger partial charge is 0.334 e.